The number of hydrogen-bond acceptors (Lipinski definition) is 3. The Bertz CT molecular complexity index is 643. The molecule has 0 bridgehead atoms. The molecular weight excluding hydrogens is 248 g/mol. The molecule has 0 saturated heterocycles. The summed E-state index contributed by atoms with van der Waals surface area (Å²) in [6.07, 6.45) is 0. The first kappa shape index (κ1) is 12.6. The third-order valence-electron chi connectivity index (χ3n) is 2.68. The fourth-order valence-corrected chi connectivity index (χ4v) is 1.74. The van der Waals surface area contributed by atoms with Crippen LogP contribution in [0.1, 0.15) is 20.7 Å². The molecule has 96 valence electrons. The van der Waals surface area contributed by atoms with Gasteiger partial charge in [-0.25, -0.2) is 9.59 Å². The third kappa shape index (κ3) is 2.55. The van der Waals surface area contributed by atoms with E-state index in [2.05, 4.69) is 0 Å². The number of carboxylic acid groups (broad SMARTS) is 2. The average Bonchev–Trinajstić information content (AvgIpc) is 2.38. The van der Waals surface area contributed by atoms with Crippen LogP contribution in [0, 0.1) is 0 Å². The summed E-state index contributed by atoms with van der Waals surface area (Å²) >= 11 is 0. The van der Waals surface area contributed by atoms with Gasteiger partial charge in [0.1, 0.15) is 5.75 Å². The lowest BCUT2D eigenvalue weighted by Gasteiger charge is -2.08. The van der Waals surface area contributed by atoms with Crippen molar-refractivity contribution in [1.29, 1.82) is 0 Å². The molecule has 0 fully saturated rings. The molecule has 2 rings (SSSR count). The van der Waals surface area contributed by atoms with Gasteiger partial charge in [0.05, 0.1) is 11.1 Å². The molecule has 5 heteroatoms. The molecule has 0 saturated carbocycles. The van der Waals surface area contributed by atoms with E-state index in [4.69, 9.17) is 10.2 Å². The van der Waals surface area contributed by atoms with Crippen molar-refractivity contribution >= 4 is 11.9 Å². The van der Waals surface area contributed by atoms with Gasteiger partial charge in [-0.3, -0.25) is 0 Å². The van der Waals surface area contributed by atoms with Crippen molar-refractivity contribution in [2.24, 2.45) is 0 Å². The number of carbonyl (C=O) groups is 2. The second-order valence-corrected chi connectivity index (χ2v) is 3.92. The highest BCUT2D eigenvalue weighted by molar-refractivity contribution is 5.99. The van der Waals surface area contributed by atoms with Crippen LogP contribution in [0.3, 0.4) is 0 Å². The van der Waals surface area contributed by atoms with E-state index < -0.39 is 11.9 Å². The molecule has 2 aromatic rings. The van der Waals surface area contributed by atoms with Crippen LogP contribution in [0.4, 0.5) is 0 Å². The van der Waals surface area contributed by atoms with Crippen molar-refractivity contribution in [3.8, 4) is 16.9 Å². The van der Waals surface area contributed by atoms with Crippen LogP contribution < -0.4 is 0 Å². The van der Waals surface area contributed by atoms with Crippen LogP contribution in [0.15, 0.2) is 42.5 Å². The molecular formula is C14H10O5. The van der Waals surface area contributed by atoms with E-state index in [9.17, 15) is 14.7 Å². The number of phenolic OH excluding ortho intramolecular Hbond substituents is 1. The zero-order valence-electron chi connectivity index (χ0n) is 9.70. The standard InChI is InChI=1S/C14H10O5/c15-10-4-1-8(2-5-10)12-7-9(13(16)17)3-6-11(12)14(18)19/h1-7,15H,(H,16,17)(H,18,19). The predicted molar refractivity (Wildman–Crippen MR) is 67.5 cm³/mol. The first-order valence-corrected chi connectivity index (χ1v) is 5.39. The van der Waals surface area contributed by atoms with Crippen LogP contribution in [0.25, 0.3) is 11.1 Å². The number of aromatic hydroxyl groups is 1. The summed E-state index contributed by atoms with van der Waals surface area (Å²) in [6, 6.07) is 9.69. The molecule has 0 aliphatic heterocycles. The average molecular weight is 258 g/mol. The van der Waals surface area contributed by atoms with Crippen molar-refractivity contribution in [2.75, 3.05) is 0 Å². The molecule has 5 nitrogen and oxygen atoms in total. The minimum Gasteiger partial charge on any atom is -0.508 e. The van der Waals surface area contributed by atoms with Gasteiger partial charge in [-0.1, -0.05) is 12.1 Å². The molecule has 0 spiro atoms. The number of carboxylic acids is 2. The lowest BCUT2D eigenvalue weighted by Crippen LogP contribution is -2.03. The van der Waals surface area contributed by atoms with Crippen LogP contribution in [-0.2, 0) is 0 Å². The van der Waals surface area contributed by atoms with Crippen molar-refractivity contribution in [3.05, 3.63) is 53.6 Å². The molecule has 0 unspecified atom stereocenters. The summed E-state index contributed by atoms with van der Waals surface area (Å²) in [5.41, 5.74) is 0.842. The molecule has 0 radical (unpaired) electrons. The fourth-order valence-electron chi connectivity index (χ4n) is 1.74. The highest BCUT2D eigenvalue weighted by atomic mass is 16.4. The molecule has 2 aromatic carbocycles. The van der Waals surface area contributed by atoms with Crippen molar-refractivity contribution in [3.63, 3.8) is 0 Å². The van der Waals surface area contributed by atoms with E-state index >= 15 is 0 Å². The highest BCUT2D eigenvalue weighted by Gasteiger charge is 2.14. The van der Waals surface area contributed by atoms with Crippen LogP contribution in [0.5, 0.6) is 5.75 Å². The van der Waals surface area contributed by atoms with Crippen LogP contribution >= 0.6 is 0 Å². The summed E-state index contributed by atoms with van der Waals surface area (Å²) in [5, 5.41) is 27.3. The van der Waals surface area contributed by atoms with Crippen molar-refractivity contribution < 1.29 is 24.9 Å². The van der Waals surface area contributed by atoms with Gasteiger partial charge in [0.25, 0.3) is 0 Å². The molecule has 0 aliphatic carbocycles. The molecule has 0 heterocycles. The number of rotatable bonds is 3. The van der Waals surface area contributed by atoms with E-state index in [0.29, 0.717) is 11.1 Å². The SMILES string of the molecule is O=C(O)c1ccc(C(=O)O)c(-c2ccc(O)cc2)c1. The quantitative estimate of drug-likeness (QED) is 0.786. The normalized spacial score (nSPS) is 10.1. The second-order valence-electron chi connectivity index (χ2n) is 3.92. The Balaban J connectivity index is 2.64. The van der Waals surface area contributed by atoms with E-state index in [1.807, 2.05) is 0 Å². The number of aromatic carboxylic acids is 2. The molecule has 19 heavy (non-hydrogen) atoms. The Morgan fingerprint density at radius 3 is 2.00 bits per heavy atom. The van der Waals surface area contributed by atoms with Gasteiger partial charge in [0, 0.05) is 0 Å². The maximum Gasteiger partial charge on any atom is 0.336 e. The zero-order chi connectivity index (χ0) is 14.0. The number of phenols is 1. The third-order valence-corrected chi connectivity index (χ3v) is 2.68. The van der Waals surface area contributed by atoms with Gasteiger partial charge in [-0.15, -0.1) is 0 Å². The first-order chi connectivity index (χ1) is 8.99. The summed E-state index contributed by atoms with van der Waals surface area (Å²) in [5.74, 6) is -2.22. The Morgan fingerprint density at radius 2 is 1.47 bits per heavy atom. The molecule has 0 aromatic heterocycles. The topological polar surface area (TPSA) is 94.8 Å². The van der Waals surface area contributed by atoms with Gasteiger partial charge >= 0.3 is 11.9 Å². The molecule has 0 aliphatic rings. The van der Waals surface area contributed by atoms with E-state index in [1.54, 1.807) is 0 Å². The van der Waals surface area contributed by atoms with Crippen molar-refractivity contribution in [2.45, 2.75) is 0 Å². The summed E-state index contributed by atoms with van der Waals surface area (Å²) in [6.45, 7) is 0. The first-order valence-electron chi connectivity index (χ1n) is 5.39. The Morgan fingerprint density at radius 1 is 0.842 bits per heavy atom. The minimum absolute atomic E-state index is 0.00748. The lowest BCUT2D eigenvalue weighted by atomic mass is 9.97. The van der Waals surface area contributed by atoms with E-state index in [-0.39, 0.29) is 16.9 Å². The highest BCUT2D eigenvalue weighted by Crippen LogP contribution is 2.27. The largest absolute Gasteiger partial charge is 0.508 e. The van der Waals surface area contributed by atoms with Crippen LogP contribution in [-0.4, -0.2) is 27.3 Å². The molecule has 0 atom stereocenters. The number of hydrogen-bond donors (Lipinski definition) is 3. The van der Waals surface area contributed by atoms with Crippen molar-refractivity contribution in [1.82, 2.24) is 0 Å². The summed E-state index contributed by atoms with van der Waals surface area (Å²) in [4.78, 5) is 22.1. The number of benzene rings is 2. The van der Waals surface area contributed by atoms with Crippen LogP contribution in [0.2, 0.25) is 0 Å². The van der Waals surface area contributed by atoms with Gasteiger partial charge in [-0.2, -0.15) is 0 Å². The summed E-state index contributed by atoms with van der Waals surface area (Å²) < 4.78 is 0. The van der Waals surface area contributed by atoms with E-state index in [1.165, 1.54) is 42.5 Å². The van der Waals surface area contributed by atoms with E-state index in [0.717, 1.165) is 0 Å². The van der Waals surface area contributed by atoms with Gasteiger partial charge in [0.2, 0.25) is 0 Å². The monoisotopic (exact) mass is 258 g/mol. The Kier molecular flexibility index (Phi) is 3.20. The van der Waals surface area contributed by atoms with Gasteiger partial charge < -0.3 is 15.3 Å². The Labute approximate surface area is 108 Å². The molecule has 3 N–H and O–H groups in total. The zero-order valence-corrected chi connectivity index (χ0v) is 9.70. The summed E-state index contributed by atoms with van der Waals surface area (Å²) in [7, 11) is 0. The maximum atomic E-state index is 11.1. The van der Waals surface area contributed by atoms with Gasteiger partial charge in [-0.05, 0) is 41.5 Å². The van der Waals surface area contributed by atoms with Gasteiger partial charge in [0.15, 0.2) is 0 Å². The second kappa shape index (κ2) is 4.81. The maximum absolute atomic E-state index is 11.1. The molecule has 0 amide bonds. The minimum atomic E-state index is -1.14. The predicted octanol–water partition coefficient (Wildman–Crippen LogP) is 2.46. The smallest absolute Gasteiger partial charge is 0.336 e. The fraction of sp³-hybridized carbons (Fsp3) is 0. The lowest BCUT2D eigenvalue weighted by molar-refractivity contribution is 0.0682. The Hall–Kier alpha value is -2.82.